The van der Waals surface area contributed by atoms with E-state index in [1.807, 2.05) is 18.3 Å². The minimum absolute atomic E-state index is 0.0754. The number of ether oxygens (including phenoxy) is 1. The van der Waals surface area contributed by atoms with Crippen LogP contribution in [0, 0.1) is 22.9 Å². The average Bonchev–Trinajstić information content (AvgIpc) is 4.15. The minimum atomic E-state index is 0.0754. The van der Waals surface area contributed by atoms with Gasteiger partial charge in [-0.25, -0.2) is 0 Å². The summed E-state index contributed by atoms with van der Waals surface area (Å²) in [5.74, 6) is 1.94. The Morgan fingerprint density at radius 2 is 0.987 bits per heavy atom. The van der Waals surface area contributed by atoms with E-state index in [0.29, 0.717) is 11.5 Å². The quantitative estimate of drug-likeness (QED) is 0.142. The second-order valence-corrected chi connectivity index (χ2v) is 22.0. The van der Waals surface area contributed by atoms with Crippen LogP contribution in [0.15, 0.2) is 237 Å². The molecular weight excluding hydrogens is 1130 g/mol. The molecule has 378 valence electrons. The van der Waals surface area contributed by atoms with Gasteiger partial charge in [0.1, 0.15) is 0 Å². The summed E-state index contributed by atoms with van der Waals surface area (Å²) in [5.41, 5.74) is 18.3. The zero-order chi connectivity index (χ0) is 52.6. The normalized spacial score (nSPS) is 11.9. The van der Waals surface area contributed by atoms with E-state index in [4.69, 9.17) is 9.72 Å². The zero-order valence-corrected chi connectivity index (χ0v) is 45.7. The Morgan fingerprint density at radius 3 is 1.64 bits per heavy atom. The van der Waals surface area contributed by atoms with E-state index in [1.54, 1.807) is 0 Å². The third kappa shape index (κ3) is 7.89. The van der Waals surface area contributed by atoms with Gasteiger partial charge in [-0.15, -0.1) is 0 Å². The topological polar surface area (TPSA) is 41.3 Å². The predicted molar refractivity (Wildman–Crippen MR) is 317 cm³/mol. The molecule has 0 aliphatic rings. The van der Waals surface area contributed by atoms with Crippen molar-refractivity contribution in [1.82, 2.24) is 23.1 Å². The SMILES string of the molecule is Cc1cc(-n2c3[c-]c(Oc4[c-]c5c(cc4)n(-c4ccccc4)c4ccccc4c4cccc6c4n5[c](=[Pt])n6-c4c(-c5ccccc5)cccc4-c4ccccc4)ccc3c3ccccc32)ncc1-c1ccc(C(C)(C)C)cc1. The summed E-state index contributed by atoms with van der Waals surface area (Å²) in [6, 6.07) is 89.8. The summed E-state index contributed by atoms with van der Waals surface area (Å²) in [6.45, 7) is 8.91. The van der Waals surface area contributed by atoms with Crippen LogP contribution in [-0.2, 0) is 24.8 Å². The van der Waals surface area contributed by atoms with Gasteiger partial charge in [-0.2, -0.15) is 0 Å². The van der Waals surface area contributed by atoms with Gasteiger partial charge in [0.25, 0.3) is 0 Å². The summed E-state index contributed by atoms with van der Waals surface area (Å²) in [7, 11) is 0. The van der Waals surface area contributed by atoms with Gasteiger partial charge >= 0.3 is 368 Å². The maximum absolute atomic E-state index is 7.04. The molecule has 78 heavy (non-hydrogen) atoms. The third-order valence-corrected chi connectivity index (χ3v) is 16.2. The van der Waals surface area contributed by atoms with Crippen molar-refractivity contribution in [1.29, 1.82) is 0 Å². The Labute approximate surface area is 463 Å². The van der Waals surface area contributed by atoms with E-state index < -0.39 is 0 Å². The molecule has 7 heteroatoms. The zero-order valence-electron chi connectivity index (χ0n) is 43.5. The first-order valence-corrected chi connectivity index (χ1v) is 27.5. The molecule has 0 radical (unpaired) electrons. The van der Waals surface area contributed by atoms with Crippen molar-refractivity contribution in [2.75, 3.05) is 0 Å². The minimum Gasteiger partial charge on any atom is -0.0579 e. The molecular formula is C71H51N5OPt-2. The number of hydrogen-bond donors (Lipinski definition) is 0. The number of aryl methyl sites for hydroxylation is 1. The summed E-state index contributed by atoms with van der Waals surface area (Å²) in [5, 5.41) is 4.40. The van der Waals surface area contributed by atoms with Crippen molar-refractivity contribution in [2.24, 2.45) is 0 Å². The molecule has 0 amide bonds. The molecule has 14 rings (SSSR count). The first kappa shape index (κ1) is 47.4. The van der Waals surface area contributed by atoms with Crippen molar-refractivity contribution in [3.63, 3.8) is 0 Å². The van der Waals surface area contributed by atoms with Crippen LogP contribution in [0.2, 0.25) is 0 Å². The van der Waals surface area contributed by atoms with Crippen LogP contribution in [0.3, 0.4) is 0 Å². The standard InChI is InChI=1S/C71H51N5O.Pt/c1-47-42-68(72-45-61(47)50-34-36-51(37-35-50)71(2,3)4)76-63-32-17-14-26-57(63)59-40-38-53(43-66(59)76)77-54-39-41-64-67(44-54)74-46-73(69-55(48-20-8-5-9-21-48)28-18-29-56(69)49-22-10-6-11-23-49)65-33-19-30-60(70(65)74)58-27-15-16-31-62(58)75(64)52-24-12-7-13-25-52;/h5-42,45H,1-4H3;/q-2;. The van der Waals surface area contributed by atoms with E-state index >= 15 is 0 Å². The Hall–Kier alpha value is -9.09. The molecule has 0 fully saturated rings. The van der Waals surface area contributed by atoms with Gasteiger partial charge in [0.05, 0.1) is 0 Å². The molecule has 0 bridgehead atoms. The Kier molecular flexibility index (Phi) is 11.5. The summed E-state index contributed by atoms with van der Waals surface area (Å²) >= 11 is 2.55. The average molecular weight is 1190 g/mol. The molecule has 0 aliphatic heterocycles. The van der Waals surface area contributed by atoms with Crippen molar-refractivity contribution in [2.45, 2.75) is 33.1 Å². The molecule has 0 aliphatic carbocycles. The van der Waals surface area contributed by atoms with Gasteiger partial charge in [-0.1, -0.05) is 57.2 Å². The third-order valence-electron chi connectivity index (χ3n) is 15.2. The first-order valence-electron chi connectivity index (χ1n) is 26.4. The van der Waals surface area contributed by atoms with E-state index in [-0.39, 0.29) is 5.41 Å². The molecule has 0 spiro atoms. The van der Waals surface area contributed by atoms with E-state index in [0.717, 1.165) is 120 Å². The summed E-state index contributed by atoms with van der Waals surface area (Å²) in [6.07, 6.45) is 2.01. The summed E-state index contributed by atoms with van der Waals surface area (Å²) < 4.78 is 17.4. The maximum atomic E-state index is 7.04. The number of rotatable bonds is 8. The van der Waals surface area contributed by atoms with Crippen LogP contribution < -0.4 is 4.74 Å². The van der Waals surface area contributed by atoms with E-state index in [1.165, 1.54) is 5.56 Å². The molecule has 6 nitrogen and oxygen atoms in total. The van der Waals surface area contributed by atoms with Gasteiger partial charge in [0, 0.05) is 11.8 Å². The molecule has 14 aromatic rings. The second-order valence-electron chi connectivity index (χ2n) is 21.0. The fourth-order valence-corrected chi connectivity index (χ4v) is 12.5. The van der Waals surface area contributed by atoms with Crippen LogP contribution in [-0.4, -0.2) is 23.1 Å². The molecule has 4 aromatic heterocycles. The van der Waals surface area contributed by atoms with Crippen molar-refractivity contribution < 1.29 is 24.1 Å². The Bertz CT molecular complexity index is 4690. The number of nitrogens with zero attached hydrogens (tertiary/aromatic N) is 5. The Balaban J connectivity index is 1.01. The summed E-state index contributed by atoms with van der Waals surface area (Å²) in [4.78, 5) is 5.16. The molecule has 0 saturated heterocycles. The van der Waals surface area contributed by atoms with Crippen molar-refractivity contribution in [3.05, 3.63) is 264 Å². The molecule has 4 heterocycles. The number of fused-ring (bicyclic) bond motifs is 7. The molecule has 0 atom stereocenters. The number of para-hydroxylation sites is 5. The van der Waals surface area contributed by atoms with Gasteiger partial charge in [-0.05, 0) is 29.0 Å². The smallest absolute Gasteiger partial charge is 0.0579 e. The number of hydrogen-bond acceptors (Lipinski definition) is 2. The van der Waals surface area contributed by atoms with Gasteiger partial charge in [0.15, 0.2) is 0 Å². The van der Waals surface area contributed by atoms with Crippen molar-refractivity contribution >= 4 is 60.2 Å². The van der Waals surface area contributed by atoms with Gasteiger partial charge < -0.3 is 0 Å². The monoisotopic (exact) mass is 1180 g/mol. The fraction of sp³-hybridized carbons (Fsp3) is 0.0704. The van der Waals surface area contributed by atoms with E-state index in [9.17, 15) is 0 Å². The van der Waals surface area contributed by atoms with Crippen LogP contribution >= 0.6 is 0 Å². The van der Waals surface area contributed by atoms with Crippen LogP contribution in [0.5, 0.6) is 11.5 Å². The molecule has 0 saturated carbocycles. The van der Waals surface area contributed by atoms with Gasteiger partial charge in [-0.3, -0.25) is 0 Å². The van der Waals surface area contributed by atoms with Crippen LogP contribution in [0.25, 0.3) is 111 Å². The molecule has 10 aromatic carbocycles. The fourth-order valence-electron chi connectivity index (χ4n) is 11.5. The van der Waals surface area contributed by atoms with Gasteiger partial charge in [0.2, 0.25) is 0 Å². The second kappa shape index (κ2) is 18.9. The van der Waals surface area contributed by atoms with Crippen LogP contribution in [0.1, 0.15) is 31.9 Å². The van der Waals surface area contributed by atoms with E-state index in [2.05, 4.69) is 296 Å². The predicted octanol–water partition coefficient (Wildman–Crippen LogP) is 18.1. The number of aromatic nitrogens is 5. The van der Waals surface area contributed by atoms with Crippen molar-refractivity contribution in [3.8, 4) is 62.1 Å². The molecule has 0 N–H and O–H groups in total. The number of pyridine rings is 1. The Morgan fingerprint density at radius 1 is 0.449 bits per heavy atom. The number of benzene rings is 10. The first-order chi connectivity index (χ1) is 38.2. The molecule has 0 unspecified atom stereocenters. The number of imidazole rings is 1. The van der Waals surface area contributed by atoms with Crippen LogP contribution in [0.4, 0.5) is 0 Å².